The summed E-state index contributed by atoms with van der Waals surface area (Å²) in [5.74, 6) is 1.84. The van der Waals surface area contributed by atoms with E-state index in [9.17, 15) is 0 Å². The van der Waals surface area contributed by atoms with E-state index in [0.29, 0.717) is 19.1 Å². The summed E-state index contributed by atoms with van der Waals surface area (Å²) in [4.78, 5) is 5.70. The van der Waals surface area contributed by atoms with E-state index < -0.39 is 0 Å². The molecule has 0 aliphatic rings. The van der Waals surface area contributed by atoms with Gasteiger partial charge in [-0.05, 0) is 26.8 Å². The van der Waals surface area contributed by atoms with Gasteiger partial charge in [-0.2, -0.15) is 0 Å². The van der Waals surface area contributed by atoms with Gasteiger partial charge in [0.1, 0.15) is 11.6 Å². The third kappa shape index (κ3) is 3.44. The zero-order chi connectivity index (χ0) is 14.5. The van der Waals surface area contributed by atoms with E-state index >= 15 is 0 Å². The van der Waals surface area contributed by atoms with E-state index in [2.05, 4.69) is 11.9 Å². The maximum Gasteiger partial charge on any atom is 0.166 e. The average Bonchev–Trinajstić information content (AvgIpc) is 2.76. The Labute approximate surface area is 128 Å². The molecule has 2 aromatic rings. The van der Waals surface area contributed by atoms with Crippen LogP contribution >= 0.6 is 22.9 Å². The molecule has 1 aromatic heterocycles. The lowest BCUT2D eigenvalue weighted by Crippen LogP contribution is -2.02. The van der Waals surface area contributed by atoms with Crippen LogP contribution in [0.4, 0.5) is 0 Å². The standard InChI is InChI=1S/C15H18ClNO2S/c1-4-18-13-7-5-6-12(8-16)15(13)19-9-14-17-10(2)11(3)20-14/h5-7H,4,8-9H2,1-3H3. The average molecular weight is 312 g/mol. The van der Waals surface area contributed by atoms with Gasteiger partial charge >= 0.3 is 0 Å². The predicted octanol–water partition coefficient (Wildman–Crippen LogP) is 4.48. The first-order valence-corrected chi connectivity index (χ1v) is 7.87. The second kappa shape index (κ2) is 6.95. The van der Waals surface area contributed by atoms with Crippen molar-refractivity contribution < 1.29 is 9.47 Å². The summed E-state index contributed by atoms with van der Waals surface area (Å²) in [6, 6.07) is 5.77. The number of hydrogen-bond donors (Lipinski definition) is 0. The molecule has 1 aromatic carbocycles. The number of hydrogen-bond acceptors (Lipinski definition) is 4. The first kappa shape index (κ1) is 15.1. The Balaban J connectivity index is 2.18. The van der Waals surface area contributed by atoms with E-state index in [-0.39, 0.29) is 0 Å². The zero-order valence-electron chi connectivity index (χ0n) is 11.9. The zero-order valence-corrected chi connectivity index (χ0v) is 13.5. The van der Waals surface area contributed by atoms with Gasteiger partial charge in [-0.25, -0.2) is 4.98 Å². The van der Waals surface area contributed by atoms with E-state index in [1.165, 1.54) is 4.88 Å². The number of para-hydroxylation sites is 1. The summed E-state index contributed by atoms with van der Waals surface area (Å²) in [5, 5.41) is 0.965. The number of halogens is 1. The number of aromatic nitrogens is 1. The number of ether oxygens (including phenoxy) is 2. The molecule has 2 rings (SSSR count). The first-order valence-electron chi connectivity index (χ1n) is 6.52. The van der Waals surface area contributed by atoms with E-state index in [1.807, 2.05) is 32.0 Å². The number of aryl methyl sites for hydroxylation is 2. The molecule has 0 saturated carbocycles. The summed E-state index contributed by atoms with van der Waals surface area (Å²) in [7, 11) is 0. The van der Waals surface area contributed by atoms with E-state index in [4.69, 9.17) is 21.1 Å². The quantitative estimate of drug-likeness (QED) is 0.737. The lowest BCUT2D eigenvalue weighted by atomic mass is 10.2. The second-order valence-electron chi connectivity index (χ2n) is 4.35. The smallest absolute Gasteiger partial charge is 0.166 e. The molecule has 0 N–H and O–H groups in total. The fourth-order valence-corrected chi connectivity index (χ4v) is 2.89. The van der Waals surface area contributed by atoms with Crippen LogP contribution in [0.5, 0.6) is 11.5 Å². The van der Waals surface area contributed by atoms with Gasteiger partial charge in [-0.1, -0.05) is 12.1 Å². The van der Waals surface area contributed by atoms with Gasteiger partial charge in [-0.3, -0.25) is 0 Å². The molecule has 0 spiro atoms. The topological polar surface area (TPSA) is 31.4 Å². The Kier molecular flexibility index (Phi) is 5.26. The SMILES string of the molecule is CCOc1cccc(CCl)c1OCc1nc(C)c(C)s1. The summed E-state index contributed by atoms with van der Waals surface area (Å²) in [5.41, 5.74) is 1.99. The third-order valence-corrected chi connectivity index (χ3v) is 4.25. The summed E-state index contributed by atoms with van der Waals surface area (Å²) < 4.78 is 11.5. The normalized spacial score (nSPS) is 10.6. The minimum absolute atomic E-state index is 0.395. The lowest BCUT2D eigenvalue weighted by molar-refractivity contribution is 0.267. The maximum atomic E-state index is 5.97. The highest BCUT2D eigenvalue weighted by Crippen LogP contribution is 2.33. The van der Waals surface area contributed by atoms with Crippen LogP contribution in [0.15, 0.2) is 18.2 Å². The number of alkyl halides is 1. The van der Waals surface area contributed by atoms with Crippen molar-refractivity contribution in [1.29, 1.82) is 0 Å². The van der Waals surface area contributed by atoms with E-state index in [0.717, 1.165) is 27.8 Å². The minimum Gasteiger partial charge on any atom is -0.490 e. The Morgan fingerprint density at radius 3 is 2.65 bits per heavy atom. The Morgan fingerprint density at radius 2 is 2.05 bits per heavy atom. The fraction of sp³-hybridized carbons (Fsp3) is 0.400. The fourth-order valence-electron chi connectivity index (χ4n) is 1.83. The molecular formula is C15H18ClNO2S. The van der Waals surface area contributed by atoms with Crippen LogP contribution in [0.3, 0.4) is 0 Å². The van der Waals surface area contributed by atoms with Crippen LogP contribution < -0.4 is 9.47 Å². The van der Waals surface area contributed by atoms with Gasteiger partial charge in [0.15, 0.2) is 11.5 Å². The molecule has 108 valence electrons. The van der Waals surface area contributed by atoms with Gasteiger partial charge in [0.2, 0.25) is 0 Å². The molecule has 0 amide bonds. The van der Waals surface area contributed by atoms with Crippen molar-refractivity contribution in [3.63, 3.8) is 0 Å². The molecule has 0 saturated heterocycles. The Hall–Kier alpha value is -1.26. The highest BCUT2D eigenvalue weighted by molar-refractivity contribution is 7.11. The largest absolute Gasteiger partial charge is 0.490 e. The molecule has 3 nitrogen and oxygen atoms in total. The summed E-state index contributed by atoms with van der Waals surface area (Å²) in [6.07, 6.45) is 0. The molecule has 0 fully saturated rings. The molecular weight excluding hydrogens is 294 g/mol. The van der Waals surface area contributed by atoms with Crippen molar-refractivity contribution in [2.24, 2.45) is 0 Å². The predicted molar refractivity (Wildman–Crippen MR) is 83.1 cm³/mol. The van der Waals surface area contributed by atoms with Crippen LogP contribution in [-0.4, -0.2) is 11.6 Å². The van der Waals surface area contributed by atoms with Gasteiger partial charge in [0.25, 0.3) is 0 Å². The van der Waals surface area contributed by atoms with Crippen molar-refractivity contribution in [3.05, 3.63) is 39.3 Å². The molecule has 0 atom stereocenters. The van der Waals surface area contributed by atoms with Crippen molar-refractivity contribution in [1.82, 2.24) is 4.98 Å². The molecule has 0 radical (unpaired) electrons. The molecule has 0 bridgehead atoms. The van der Waals surface area contributed by atoms with Gasteiger partial charge < -0.3 is 9.47 Å². The summed E-state index contributed by atoms with van der Waals surface area (Å²) in [6.45, 7) is 7.05. The highest BCUT2D eigenvalue weighted by atomic mass is 35.5. The second-order valence-corrected chi connectivity index (χ2v) is 5.90. The van der Waals surface area contributed by atoms with Gasteiger partial charge in [0, 0.05) is 10.4 Å². The van der Waals surface area contributed by atoms with Crippen LogP contribution in [-0.2, 0) is 12.5 Å². The van der Waals surface area contributed by atoms with Gasteiger partial charge in [-0.15, -0.1) is 22.9 Å². The molecule has 20 heavy (non-hydrogen) atoms. The highest BCUT2D eigenvalue weighted by Gasteiger charge is 2.12. The van der Waals surface area contributed by atoms with Crippen molar-refractivity contribution in [3.8, 4) is 11.5 Å². The molecule has 1 heterocycles. The molecule has 5 heteroatoms. The van der Waals surface area contributed by atoms with Crippen LogP contribution in [0, 0.1) is 13.8 Å². The molecule has 0 unspecified atom stereocenters. The van der Waals surface area contributed by atoms with Crippen molar-refractivity contribution in [2.75, 3.05) is 6.61 Å². The molecule has 0 aliphatic heterocycles. The minimum atomic E-state index is 0.395. The molecule has 0 aliphatic carbocycles. The maximum absolute atomic E-state index is 5.97. The number of benzene rings is 1. The Bertz CT molecular complexity index is 564. The van der Waals surface area contributed by atoms with Crippen LogP contribution in [0.2, 0.25) is 0 Å². The first-order chi connectivity index (χ1) is 9.65. The van der Waals surface area contributed by atoms with Crippen molar-refractivity contribution >= 4 is 22.9 Å². The van der Waals surface area contributed by atoms with Crippen LogP contribution in [0.25, 0.3) is 0 Å². The lowest BCUT2D eigenvalue weighted by Gasteiger charge is -2.14. The van der Waals surface area contributed by atoms with Gasteiger partial charge in [0.05, 0.1) is 18.2 Å². The number of nitrogens with zero attached hydrogens (tertiary/aromatic N) is 1. The number of thiazole rings is 1. The Morgan fingerprint density at radius 1 is 1.25 bits per heavy atom. The summed E-state index contributed by atoms with van der Waals surface area (Å²) >= 11 is 7.62. The third-order valence-electron chi connectivity index (χ3n) is 2.92. The van der Waals surface area contributed by atoms with Crippen molar-refractivity contribution in [2.45, 2.75) is 33.3 Å². The van der Waals surface area contributed by atoms with E-state index in [1.54, 1.807) is 11.3 Å². The van der Waals surface area contributed by atoms with Crippen LogP contribution in [0.1, 0.15) is 28.1 Å². The number of rotatable bonds is 6. The monoisotopic (exact) mass is 311 g/mol.